The second kappa shape index (κ2) is 5.50. The largest absolute Gasteiger partial charge is 0.507 e. The minimum Gasteiger partial charge on any atom is -0.507 e. The van der Waals surface area contributed by atoms with E-state index in [4.69, 9.17) is 17.3 Å². The average Bonchev–Trinajstić information content (AvgIpc) is 2.85. The molecule has 1 aliphatic rings. The highest BCUT2D eigenvalue weighted by molar-refractivity contribution is 6.19. The van der Waals surface area contributed by atoms with Gasteiger partial charge in [-0.15, -0.1) is 11.6 Å². The number of anilines is 1. The van der Waals surface area contributed by atoms with Crippen LogP contribution in [0.1, 0.15) is 17.9 Å². The van der Waals surface area contributed by atoms with Gasteiger partial charge >= 0.3 is 0 Å². The molecule has 114 valence electrons. The van der Waals surface area contributed by atoms with E-state index in [2.05, 4.69) is 0 Å². The maximum Gasteiger partial charge on any atom is 0.236 e. The number of phenolic OH excluding ortho intramolecular Hbond substituents is 1. The molecule has 0 spiro atoms. The van der Waals surface area contributed by atoms with E-state index in [-0.39, 0.29) is 24.0 Å². The Hall–Kier alpha value is -2.27. The van der Waals surface area contributed by atoms with Crippen LogP contribution in [0.25, 0.3) is 10.8 Å². The minimum absolute atomic E-state index is 0.0426. The summed E-state index contributed by atoms with van der Waals surface area (Å²) in [6, 6.07) is 9.00. The Morgan fingerprint density at radius 1 is 1.32 bits per heavy atom. The topological polar surface area (TPSA) is 83.6 Å². The third-order valence-electron chi connectivity index (χ3n) is 3.96. The van der Waals surface area contributed by atoms with Crippen LogP contribution < -0.4 is 10.6 Å². The standard InChI is InChI=1S/C16H15ClN2O3/c17-7-9-8-19(15(22)6-14(18)21)12-5-13(20)10-3-1-2-4-11(10)16(9)12/h1-5,9,20H,6-8H2,(H2,18,21)/t9-/m1/s1. The number of carbonyl (C=O) groups is 2. The number of rotatable bonds is 3. The normalized spacial score (nSPS) is 16.8. The average molecular weight is 319 g/mol. The molecular weight excluding hydrogens is 304 g/mol. The molecule has 5 nitrogen and oxygen atoms in total. The molecular formula is C16H15ClN2O3. The van der Waals surface area contributed by atoms with Gasteiger partial charge in [0.1, 0.15) is 12.2 Å². The van der Waals surface area contributed by atoms with Crippen LogP contribution in [0.15, 0.2) is 30.3 Å². The fraction of sp³-hybridized carbons (Fsp3) is 0.250. The lowest BCUT2D eigenvalue weighted by Gasteiger charge is -2.17. The zero-order valence-electron chi connectivity index (χ0n) is 11.8. The molecule has 0 bridgehead atoms. The maximum atomic E-state index is 12.2. The first-order valence-corrected chi connectivity index (χ1v) is 7.45. The van der Waals surface area contributed by atoms with Crippen molar-refractivity contribution in [1.29, 1.82) is 0 Å². The molecule has 2 amide bonds. The number of carbonyl (C=O) groups excluding carboxylic acids is 2. The molecule has 3 rings (SSSR count). The van der Waals surface area contributed by atoms with Gasteiger partial charge in [0.05, 0.1) is 5.69 Å². The van der Waals surface area contributed by atoms with Gasteiger partial charge in [0.25, 0.3) is 0 Å². The summed E-state index contributed by atoms with van der Waals surface area (Å²) in [4.78, 5) is 24.7. The number of hydrogen-bond acceptors (Lipinski definition) is 3. The zero-order valence-corrected chi connectivity index (χ0v) is 12.5. The Labute approximate surface area is 132 Å². The van der Waals surface area contributed by atoms with E-state index in [1.165, 1.54) is 4.90 Å². The molecule has 1 aliphatic heterocycles. The summed E-state index contributed by atoms with van der Waals surface area (Å²) < 4.78 is 0. The van der Waals surface area contributed by atoms with Gasteiger partial charge in [-0.25, -0.2) is 0 Å². The minimum atomic E-state index is -0.675. The predicted molar refractivity (Wildman–Crippen MR) is 85.2 cm³/mol. The van der Waals surface area contributed by atoms with Gasteiger partial charge in [0.15, 0.2) is 0 Å². The van der Waals surface area contributed by atoms with Gasteiger partial charge in [-0.1, -0.05) is 24.3 Å². The third kappa shape index (κ3) is 2.27. The maximum absolute atomic E-state index is 12.2. The Kier molecular flexibility index (Phi) is 3.66. The highest BCUT2D eigenvalue weighted by Gasteiger charge is 2.34. The molecule has 0 aliphatic carbocycles. The quantitative estimate of drug-likeness (QED) is 0.671. The number of primary amides is 1. The molecule has 1 atom stereocenters. The highest BCUT2D eigenvalue weighted by atomic mass is 35.5. The molecule has 0 saturated heterocycles. The van der Waals surface area contributed by atoms with Gasteiger partial charge in [-0.2, -0.15) is 0 Å². The Bertz CT molecular complexity index is 775. The second-order valence-electron chi connectivity index (χ2n) is 5.37. The van der Waals surface area contributed by atoms with Gasteiger partial charge in [0, 0.05) is 29.8 Å². The lowest BCUT2D eigenvalue weighted by Crippen LogP contribution is -2.33. The van der Waals surface area contributed by atoms with Crippen molar-refractivity contribution in [1.82, 2.24) is 0 Å². The lowest BCUT2D eigenvalue weighted by molar-refractivity contribution is -0.126. The van der Waals surface area contributed by atoms with Crippen LogP contribution in [-0.4, -0.2) is 29.3 Å². The van der Waals surface area contributed by atoms with Crippen LogP contribution >= 0.6 is 11.6 Å². The number of alkyl halides is 1. The SMILES string of the molecule is NC(=O)CC(=O)N1C[C@@H](CCl)c2c1cc(O)c1ccccc21. The summed E-state index contributed by atoms with van der Waals surface area (Å²) in [5, 5.41) is 11.8. The van der Waals surface area contributed by atoms with E-state index in [1.54, 1.807) is 6.07 Å². The van der Waals surface area contributed by atoms with Crippen molar-refractivity contribution in [3.8, 4) is 5.75 Å². The van der Waals surface area contributed by atoms with Gasteiger partial charge in [0.2, 0.25) is 11.8 Å². The van der Waals surface area contributed by atoms with E-state index in [0.29, 0.717) is 18.1 Å². The van der Waals surface area contributed by atoms with E-state index in [9.17, 15) is 14.7 Å². The van der Waals surface area contributed by atoms with Crippen LogP contribution in [0.4, 0.5) is 5.69 Å². The fourth-order valence-corrected chi connectivity index (χ4v) is 3.29. The van der Waals surface area contributed by atoms with Crippen molar-refractivity contribution in [2.45, 2.75) is 12.3 Å². The second-order valence-corrected chi connectivity index (χ2v) is 5.68. The Balaban J connectivity index is 2.17. The molecule has 0 saturated carbocycles. The Morgan fingerprint density at radius 2 is 2.00 bits per heavy atom. The van der Waals surface area contributed by atoms with E-state index in [1.807, 2.05) is 24.3 Å². The molecule has 1 heterocycles. The molecule has 0 radical (unpaired) electrons. The number of benzene rings is 2. The van der Waals surface area contributed by atoms with Gasteiger partial charge in [-0.05, 0) is 10.9 Å². The molecule has 2 aromatic carbocycles. The summed E-state index contributed by atoms with van der Waals surface area (Å²) in [5.41, 5.74) is 6.64. The summed E-state index contributed by atoms with van der Waals surface area (Å²) >= 11 is 6.06. The zero-order chi connectivity index (χ0) is 15.9. The molecule has 0 unspecified atom stereocenters. The summed E-state index contributed by atoms with van der Waals surface area (Å²) in [7, 11) is 0. The first kappa shape index (κ1) is 14.7. The van der Waals surface area contributed by atoms with Crippen LogP contribution in [0.5, 0.6) is 5.75 Å². The van der Waals surface area contributed by atoms with E-state index >= 15 is 0 Å². The number of amides is 2. The summed E-state index contributed by atoms with van der Waals surface area (Å²) in [6.45, 7) is 0.387. The molecule has 22 heavy (non-hydrogen) atoms. The van der Waals surface area contributed by atoms with Crippen molar-refractivity contribution >= 4 is 39.9 Å². The number of halogens is 1. The molecule has 0 aromatic heterocycles. The first-order chi connectivity index (χ1) is 10.5. The van der Waals surface area contributed by atoms with Crippen molar-refractivity contribution < 1.29 is 14.7 Å². The first-order valence-electron chi connectivity index (χ1n) is 6.92. The predicted octanol–water partition coefficient (Wildman–Crippen LogP) is 2.09. The lowest BCUT2D eigenvalue weighted by atomic mass is 9.95. The van der Waals surface area contributed by atoms with Crippen LogP contribution in [0.2, 0.25) is 0 Å². The van der Waals surface area contributed by atoms with Crippen molar-refractivity contribution in [2.24, 2.45) is 5.73 Å². The number of nitrogens with zero attached hydrogens (tertiary/aromatic N) is 1. The summed E-state index contributed by atoms with van der Waals surface area (Å²) in [6.07, 6.45) is -0.359. The third-order valence-corrected chi connectivity index (χ3v) is 4.33. The highest BCUT2D eigenvalue weighted by Crippen LogP contribution is 2.45. The van der Waals surface area contributed by atoms with E-state index in [0.717, 1.165) is 16.3 Å². The number of aromatic hydroxyl groups is 1. The van der Waals surface area contributed by atoms with Crippen LogP contribution in [0, 0.1) is 0 Å². The van der Waals surface area contributed by atoms with Crippen molar-refractivity contribution in [2.75, 3.05) is 17.3 Å². The van der Waals surface area contributed by atoms with Crippen LogP contribution in [0.3, 0.4) is 0 Å². The van der Waals surface area contributed by atoms with E-state index < -0.39 is 5.91 Å². The fourth-order valence-electron chi connectivity index (χ4n) is 3.03. The molecule has 3 N–H and O–H groups in total. The van der Waals surface area contributed by atoms with Gasteiger partial charge < -0.3 is 15.7 Å². The number of fused-ring (bicyclic) bond motifs is 3. The molecule has 2 aromatic rings. The summed E-state index contributed by atoms with van der Waals surface area (Å²) in [5.74, 6) is -0.648. The smallest absolute Gasteiger partial charge is 0.236 e. The van der Waals surface area contributed by atoms with Crippen molar-refractivity contribution in [3.05, 3.63) is 35.9 Å². The number of phenols is 1. The number of hydrogen-bond donors (Lipinski definition) is 2. The monoisotopic (exact) mass is 318 g/mol. The van der Waals surface area contributed by atoms with Gasteiger partial charge in [-0.3, -0.25) is 9.59 Å². The number of nitrogens with two attached hydrogens (primary N) is 1. The molecule has 6 heteroatoms. The van der Waals surface area contributed by atoms with Crippen LogP contribution in [-0.2, 0) is 9.59 Å². The molecule has 0 fully saturated rings. The van der Waals surface area contributed by atoms with Crippen molar-refractivity contribution in [3.63, 3.8) is 0 Å². The Morgan fingerprint density at radius 3 is 2.64 bits per heavy atom.